The molecule has 0 radical (unpaired) electrons. The third-order valence-electron chi connectivity index (χ3n) is 5.20. The van der Waals surface area contributed by atoms with E-state index in [1.807, 2.05) is 0 Å². The second kappa shape index (κ2) is 10.6. The van der Waals surface area contributed by atoms with Crippen LogP contribution in [0, 0.1) is 17.6 Å². The van der Waals surface area contributed by atoms with Gasteiger partial charge < -0.3 is 15.5 Å². The van der Waals surface area contributed by atoms with Crippen LogP contribution in [-0.2, 0) is 16.1 Å². The summed E-state index contributed by atoms with van der Waals surface area (Å²) in [4.78, 5) is 26.6. The largest absolute Gasteiger partial charge is 0.352 e. The Morgan fingerprint density at radius 1 is 1.07 bits per heavy atom. The highest BCUT2D eigenvalue weighted by molar-refractivity contribution is 9.10. The number of amides is 2. The Kier molecular flexibility index (Phi) is 7.93. The van der Waals surface area contributed by atoms with Crippen molar-refractivity contribution in [1.82, 2.24) is 10.2 Å². The molecule has 1 aliphatic heterocycles. The summed E-state index contributed by atoms with van der Waals surface area (Å²) in [5, 5.41) is 5.50. The molecule has 0 aliphatic carbocycles. The first-order valence-electron chi connectivity index (χ1n) is 9.90. The SMILES string of the molecule is O=C(CCN1CCC(C(=O)NCc2ccc(F)cc2)CC1)Nc1ccc(Br)cc1F. The second-order valence-corrected chi connectivity index (χ2v) is 8.30. The van der Waals surface area contributed by atoms with Gasteiger partial charge in [0.25, 0.3) is 0 Å². The molecule has 1 saturated heterocycles. The van der Waals surface area contributed by atoms with Gasteiger partial charge in [0.05, 0.1) is 5.69 Å². The molecule has 8 heteroatoms. The molecule has 2 N–H and O–H groups in total. The molecule has 0 saturated carbocycles. The number of carbonyl (C=O) groups excluding carboxylic acids is 2. The van der Waals surface area contributed by atoms with E-state index in [4.69, 9.17) is 0 Å². The zero-order valence-corrected chi connectivity index (χ0v) is 18.1. The molecule has 2 aromatic rings. The number of benzene rings is 2. The number of anilines is 1. The minimum absolute atomic E-state index is 0.00225. The first-order valence-corrected chi connectivity index (χ1v) is 10.7. The molecule has 0 bridgehead atoms. The zero-order chi connectivity index (χ0) is 21.5. The van der Waals surface area contributed by atoms with Crippen molar-refractivity contribution in [3.8, 4) is 0 Å². The van der Waals surface area contributed by atoms with Crippen LogP contribution in [0.15, 0.2) is 46.9 Å². The predicted molar refractivity (Wildman–Crippen MR) is 115 cm³/mol. The van der Waals surface area contributed by atoms with E-state index in [1.54, 1.807) is 18.2 Å². The lowest BCUT2D eigenvalue weighted by Crippen LogP contribution is -2.41. The van der Waals surface area contributed by atoms with Crippen molar-refractivity contribution in [3.05, 3.63) is 64.1 Å². The van der Waals surface area contributed by atoms with E-state index in [1.165, 1.54) is 24.3 Å². The lowest BCUT2D eigenvalue weighted by Gasteiger charge is -2.31. The number of carbonyl (C=O) groups is 2. The number of rotatable bonds is 7. The Bertz CT molecular complexity index is 884. The van der Waals surface area contributed by atoms with E-state index in [9.17, 15) is 18.4 Å². The highest BCUT2D eigenvalue weighted by Crippen LogP contribution is 2.20. The van der Waals surface area contributed by atoms with Gasteiger partial charge in [0.2, 0.25) is 11.8 Å². The number of hydrogen-bond acceptors (Lipinski definition) is 3. The highest BCUT2D eigenvalue weighted by Gasteiger charge is 2.25. The van der Waals surface area contributed by atoms with E-state index in [0.29, 0.717) is 17.6 Å². The van der Waals surface area contributed by atoms with Crippen LogP contribution < -0.4 is 10.6 Å². The summed E-state index contributed by atoms with van der Waals surface area (Å²) >= 11 is 3.18. The number of hydrogen-bond donors (Lipinski definition) is 2. The molecular formula is C22H24BrF2N3O2. The fourth-order valence-electron chi connectivity index (χ4n) is 3.42. The summed E-state index contributed by atoms with van der Waals surface area (Å²) < 4.78 is 27.3. The standard InChI is InChI=1S/C22H24BrF2N3O2/c23-17-3-6-20(19(25)13-17)27-21(29)9-12-28-10-7-16(8-11-28)22(30)26-14-15-1-4-18(24)5-2-15/h1-6,13,16H,7-12,14H2,(H,26,30)(H,27,29). The number of piperidine rings is 1. The summed E-state index contributed by atoms with van der Waals surface area (Å²) in [6.45, 7) is 2.41. The van der Waals surface area contributed by atoms with E-state index in [-0.39, 0.29) is 35.7 Å². The van der Waals surface area contributed by atoms with Gasteiger partial charge in [-0.25, -0.2) is 8.78 Å². The van der Waals surface area contributed by atoms with Crippen molar-refractivity contribution >= 4 is 33.4 Å². The molecular weight excluding hydrogens is 456 g/mol. The van der Waals surface area contributed by atoms with Gasteiger partial charge in [0.15, 0.2) is 0 Å². The molecule has 1 fully saturated rings. The van der Waals surface area contributed by atoms with Gasteiger partial charge >= 0.3 is 0 Å². The molecule has 30 heavy (non-hydrogen) atoms. The molecule has 160 valence electrons. The van der Waals surface area contributed by atoms with Crippen molar-refractivity contribution in [3.63, 3.8) is 0 Å². The molecule has 2 aromatic carbocycles. The normalized spacial score (nSPS) is 15.0. The van der Waals surface area contributed by atoms with Gasteiger partial charge in [-0.05, 0) is 61.8 Å². The van der Waals surface area contributed by atoms with Crippen LogP contribution in [0.2, 0.25) is 0 Å². The number of nitrogens with one attached hydrogen (secondary N) is 2. The van der Waals surface area contributed by atoms with Crippen LogP contribution in [0.1, 0.15) is 24.8 Å². The van der Waals surface area contributed by atoms with E-state index < -0.39 is 5.82 Å². The lowest BCUT2D eigenvalue weighted by atomic mass is 9.95. The van der Waals surface area contributed by atoms with Crippen LogP contribution in [0.25, 0.3) is 0 Å². The topological polar surface area (TPSA) is 61.4 Å². The molecule has 3 rings (SSSR count). The van der Waals surface area contributed by atoms with Gasteiger partial charge in [0, 0.05) is 29.9 Å². The zero-order valence-electron chi connectivity index (χ0n) is 16.5. The summed E-state index contributed by atoms with van der Waals surface area (Å²) in [5.41, 5.74) is 1.02. The molecule has 0 aromatic heterocycles. The Hall–Kier alpha value is -2.32. The quantitative estimate of drug-likeness (QED) is 0.628. The van der Waals surface area contributed by atoms with Crippen LogP contribution in [0.3, 0.4) is 0 Å². The lowest BCUT2D eigenvalue weighted by molar-refractivity contribution is -0.126. The van der Waals surface area contributed by atoms with Crippen LogP contribution in [-0.4, -0.2) is 36.3 Å². The van der Waals surface area contributed by atoms with Crippen molar-refractivity contribution in [2.75, 3.05) is 25.0 Å². The molecule has 1 aliphatic rings. The molecule has 2 amide bonds. The summed E-state index contributed by atoms with van der Waals surface area (Å²) in [6.07, 6.45) is 1.70. The Morgan fingerprint density at radius 3 is 2.43 bits per heavy atom. The maximum absolute atomic E-state index is 13.8. The fourth-order valence-corrected chi connectivity index (χ4v) is 3.75. The van der Waals surface area contributed by atoms with Crippen molar-refractivity contribution in [2.24, 2.45) is 5.92 Å². The molecule has 5 nitrogen and oxygen atoms in total. The smallest absolute Gasteiger partial charge is 0.225 e. The number of likely N-dealkylation sites (tertiary alicyclic amines) is 1. The number of halogens is 3. The van der Waals surface area contributed by atoms with E-state index in [2.05, 4.69) is 31.5 Å². The fraction of sp³-hybridized carbons (Fsp3) is 0.364. The predicted octanol–water partition coefficient (Wildman–Crippen LogP) is 4.08. The average Bonchev–Trinajstić information content (AvgIpc) is 2.74. The summed E-state index contributed by atoms with van der Waals surface area (Å²) in [5.74, 6) is -1.08. The number of nitrogens with zero attached hydrogens (tertiary/aromatic N) is 1. The van der Waals surface area contributed by atoms with Gasteiger partial charge in [0.1, 0.15) is 11.6 Å². The molecule has 0 spiro atoms. The van der Waals surface area contributed by atoms with E-state index >= 15 is 0 Å². The van der Waals surface area contributed by atoms with Gasteiger partial charge in [-0.3, -0.25) is 9.59 Å². The van der Waals surface area contributed by atoms with E-state index in [0.717, 1.165) is 31.5 Å². The van der Waals surface area contributed by atoms with Crippen molar-refractivity contribution in [1.29, 1.82) is 0 Å². The first-order chi connectivity index (χ1) is 14.4. The third-order valence-corrected chi connectivity index (χ3v) is 5.69. The molecule has 0 unspecified atom stereocenters. The third kappa shape index (κ3) is 6.60. The van der Waals surface area contributed by atoms with Gasteiger partial charge in [-0.15, -0.1) is 0 Å². The maximum Gasteiger partial charge on any atom is 0.225 e. The van der Waals surface area contributed by atoms with Crippen LogP contribution in [0.4, 0.5) is 14.5 Å². The van der Waals surface area contributed by atoms with Gasteiger partial charge in [-0.1, -0.05) is 28.1 Å². The second-order valence-electron chi connectivity index (χ2n) is 7.38. The minimum atomic E-state index is -0.481. The monoisotopic (exact) mass is 479 g/mol. The Labute approximate surface area is 183 Å². The first kappa shape index (κ1) is 22.4. The summed E-state index contributed by atoms with van der Waals surface area (Å²) in [6, 6.07) is 10.6. The Morgan fingerprint density at radius 2 is 1.77 bits per heavy atom. The molecule has 1 heterocycles. The minimum Gasteiger partial charge on any atom is -0.352 e. The van der Waals surface area contributed by atoms with Crippen LogP contribution >= 0.6 is 15.9 Å². The Balaban J connectivity index is 1.36. The maximum atomic E-state index is 13.8. The van der Waals surface area contributed by atoms with Crippen LogP contribution in [0.5, 0.6) is 0 Å². The highest BCUT2D eigenvalue weighted by atomic mass is 79.9. The average molecular weight is 480 g/mol. The molecule has 0 atom stereocenters. The van der Waals surface area contributed by atoms with Crippen molar-refractivity contribution in [2.45, 2.75) is 25.8 Å². The van der Waals surface area contributed by atoms with Gasteiger partial charge in [-0.2, -0.15) is 0 Å². The van der Waals surface area contributed by atoms with Crippen molar-refractivity contribution < 1.29 is 18.4 Å². The summed E-state index contributed by atoms with van der Waals surface area (Å²) in [7, 11) is 0.